The molecule has 1 aromatic carbocycles. The maximum absolute atomic E-state index is 14.0. The molecule has 1 fully saturated rings. The first kappa shape index (κ1) is 27.0. The molecule has 2 aromatic rings. The zero-order valence-electron chi connectivity index (χ0n) is 20.3. The predicted molar refractivity (Wildman–Crippen MR) is 123 cm³/mol. The Kier molecular flexibility index (Phi) is 8.22. The molecule has 2 aliphatic rings. The predicted octanol–water partition coefficient (Wildman–Crippen LogP) is 1.13. The number of halogens is 2. The molecule has 12 nitrogen and oxygen atoms in total. The van der Waals surface area contributed by atoms with Gasteiger partial charge in [-0.2, -0.15) is 0 Å². The van der Waals surface area contributed by atoms with Crippen LogP contribution in [0.5, 0.6) is 5.75 Å². The molecular weight excluding hydrogens is 512 g/mol. The highest BCUT2D eigenvalue weighted by molar-refractivity contribution is 5.99. The summed E-state index contributed by atoms with van der Waals surface area (Å²) in [6.07, 6.45) is -0.0893. The van der Waals surface area contributed by atoms with Crippen molar-refractivity contribution in [3.8, 4) is 5.75 Å². The quantitative estimate of drug-likeness (QED) is 0.374. The van der Waals surface area contributed by atoms with Gasteiger partial charge in [-0.1, -0.05) is 6.07 Å². The van der Waals surface area contributed by atoms with Gasteiger partial charge in [-0.3, -0.25) is 14.4 Å². The first-order valence-corrected chi connectivity index (χ1v) is 11.7. The summed E-state index contributed by atoms with van der Waals surface area (Å²) in [5.41, 5.74) is -1.59. The summed E-state index contributed by atoms with van der Waals surface area (Å²) in [6, 6.07) is 2.64. The van der Waals surface area contributed by atoms with Gasteiger partial charge in [-0.05, 0) is 19.4 Å². The van der Waals surface area contributed by atoms with E-state index in [1.807, 2.05) is 6.92 Å². The second-order valence-corrected chi connectivity index (χ2v) is 8.52. The molecule has 4 rings (SSSR count). The van der Waals surface area contributed by atoms with Crippen molar-refractivity contribution in [3.05, 3.63) is 63.1 Å². The maximum atomic E-state index is 14.0. The second-order valence-electron chi connectivity index (χ2n) is 8.52. The standard InChI is InChI=1S/C24H25F2N3O9/c1-13-4-6-35-18-11-28-10-16(22(32)27-9-14-2-3-15(25)8-17(14)26)20(31)21(19(28)23(33)29(13)18)37-12-38-24(34)36-7-5-30/h2-3,8,10,13,18,30H,4-7,9,11-12H2,1H3,(H,27,32). The minimum Gasteiger partial charge on any atom is -0.451 e. The molecule has 2 amide bonds. The number of hydrogen-bond acceptors (Lipinski definition) is 9. The summed E-state index contributed by atoms with van der Waals surface area (Å²) < 4.78 is 48.9. The molecule has 1 aromatic heterocycles. The fraction of sp³-hybridized carbons (Fsp3) is 0.417. The van der Waals surface area contributed by atoms with E-state index in [2.05, 4.69) is 10.1 Å². The number of carbonyl (C=O) groups is 3. The van der Waals surface area contributed by atoms with Gasteiger partial charge in [0.15, 0.2) is 11.9 Å². The lowest BCUT2D eigenvalue weighted by Crippen LogP contribution is -2.57. The number of rotatable bonds is 8. The molecule has 0 spiro atoms. The van der Waals surface area contributed by atoms with E-state index in [0.717, 1.165) is 12.1 Å². The Hall–Kier alpha value is -4.04. The highest BCUT2D eigenvalue weighted by Gasteiger charge is 2.41. The van der Waals surface area contributed by atoms with E-state index in [1.54, 1.807) is 0 Å². The summed E-state index contributed by atoms with van der Waals surface area (Å²) in [5.74, 6) is -3.69. The Balaban J connectivity index is 1.64. The van der Waals surface area contributed by atoms with Crippen LogP contribution in [0.25, 0.3) is 0 Å². The summed E-state index contributed by atoms with van der Waals surface area (Å²) >= 11 is 0. The van der Waals surface area contributed by atoms with Crippen molar-refractivity contribution in [1.82, 2.24) is 14.8 Å². The van der Waals surface area contributed by atoms with Crippen LogP contribution in [0.15, 0.2) is 29.2 Å². The third-order valence-corrected chi connectivity index (χ3v) is 6.05. The minimum absolute atomic E-state index is 0.0144. The number of aromatic nitrogens is 1. The van der Waals surface area contributed by atoms with Gasteiger partial charge < -0.3 is 38.8 Å². The average molecular weight is 537 g/mol. The molecule has 2 unspecified atom stereocenters. The van der Waals surface area contributed by atoms with Crippen LogP contribution in [0.2, 0.25) is 0 Å². The molecule has 2 atom stereocenters. The third kappa shape index (κ3) is 5.60. The lowest BCUT2D eigenvalue weighted by molar-refractivity contribution is -0.112. The summed E-state index contributed by atoms with van der Waals surface area (Å²) in [4.78, 5) is 52.7. The van der Waals surface area contributed by atoms with E-state index in [-0.39, 0.29) is 37.0 Å². The van der Waals surface area contributed by atoms with E-state index in [4.69, 9.17) is 19.3 Å². The fourth-order valence-electron chi connectivity index (χ4n) is 4.18. The van der Waals surface area contributed by atoms with Gasteiger partial charge in [0.2, 0.25) is 18.0 Å². The van der Waals surface area contributed by atoms with Crippen molar-refractivity contribution in [3.63, 3.8) is 0 Å². The molecule has 204 valence electrons. The number of carbonyl (C=O) groups excluding carboxylic acids is 3. The van der Waals surface area contributed by atoms with E-state index >= 15 is 0 Å². The van der Waals surface area contributed by atoms with Crippen LogP contribution < -0.4 is 15.5 Å². The molecule has 38 heavy (non-hydrogen) atoms. The largest absolute Gasteiger partial charge is 0.511 e. The Morgan fingerprint density at radius 2 is 2.03 bits per heavy atom. The number of nitrogens with one attached hydrogen (secondary N) is 1. The summed E-state index contributed by atoms with van der Waals surface area (Å²) in [7, 11) is 0. The van der Waals surface area contributed by atoms with Crippen LogP contribution >= 0.6 is 0 Å². The van der Waals surface area contributed by atoms with Crippen LogP contribution in [0, 0.1) is 11.6 Å². The van der Waals surface area contributed by atoms with Gasteiger partial charge >= 0.3 is 6.16 Å². The van der Waals surface area contributed by atoms with E-state index < -0.39 is 66.0 Å². The lowest BCUT2D eigenvalue weighted by atomic mass is 10.1. The van der Waals surface area contributed by atoms with Gasteiger partial charge in [0.1, 0.15) is 23.8 Å². The number of aliphatic hydroxyl groups is 1. The van der Waals surface area contributed by atoms with Gasteiger partial charge in [0, 0.05) is 30.4 Å². The number of ether oxygens (including phenoxy) is 4. The Labute approximate surface area is 214 Å². The molecule has 14 heteroatoms. The highest BCUT2D eigenvalue weighted by Crippen LogP contribution is 2.30. The number of hydrogen-bond donors (Lipinski definition) is 2. The Morgan fingerprint density at radius 3 is 2.76 bits per heavy atom. The smallest absolute Gasteiger partial charge is 0.451 e. The van der Waals surface area contributed by atoms with Crippen molar-refractivity contribution in [2.45, 2.75) is 38.7 Å². The van der Waals surface area contributed by atoms with E-state index in [9.17, 15) is 28.0 Å². The van der Waals surface area contributed by atoms with Crippen molar-refractivity contribution in [2.24, 2.45) is 0 Å². The van der Waals surface area contributed by atoms with Crippen LogP contribution in [-0.2, 0) is 27.3 Å². The van der Waals surface area contributed by atoms with Gasteiger partial charge in [-0.15, -0.1) is 0 Å². The van der Waals surface area contributed by atoms with Crippen LogP contribution in [-0.4, -0.2) is 71.4 Å². The second kappa shape index (κ2) is 11.6. The van der Waals surface area contributed by atoms with Crippen molar-refractivity contribution in [2.75, 3.05) is 26.6 Å². The first-order valence-electron chi connectivity index (χ1n) is 11.7. The average Bonchev–Trinajstić information content (AvgIpc) is 2.88. The first-order chi connectivity index (χ1) is 18.2. The van der Waals surface area contributed by atoms with Gasteiger partial charge in [0.05, 0.1) is 19.8 Å². The van der Waals surface area contributed by atoms with Crippen LogP contribution in [0.1, 0.15) is 39.8 Å². The zero-order chi connectivity index (χ0) is 27.4. The number of nitrogens with zero attached hydrogens (tertiary/aromatic N) is 2. The molecule has 3 heterocycles. The van der Waals surface area contributed by atoms with Crippen molar-refractivity contribution in [1.29, 1.82) is 0 Å². The Morgan fingerprint density at radius 1 is 1.24 bits per heavy atom. The monoisotopic (exact) mass is 537 g/mol. The number of fused-ring (bicyclic) bond motifs is 2. The normalized spacial score (nSPS) is 18.3. The minimum atomic E-state index is -1.19. The SMILES string of the molecule is CC1CCOC2Cn3cc(C(=O)NCc4ccc(F)cc4F)c(=O)c(OCOC(=O)OCCO)c3C(=O)N12. The van der Waals surface area contributed by atoms with Gasteiger partial charge in [0.25, 0.3) is 11.8 Å². The number of amides is 2. The van der Waals surface area contributed by atoms with Crippen LogP contribution in [0.4, 0.5) is 13.6 Å². The molecule has 1 saturated heterocycles. The van der Waals surface area contributed by atoms with Crippen molar-refractivity contribution >= 4 is 18.0 Å². The Bertz CT molecular complexity index is 1300. The zero-order valence-corrected chi connectivity index (χ0v) is 20.3. The topological polar surface area (TPSA) is 146 Å². The fourth-order valence-corrected chi connectivity index (χ4v) is 4.18. The molecule has 0 aliphatic carbocycles. The third-order valence-electron chi connectivity index (χ3n) is 6.05. The van der Waals surface area contributed by atoms with Gasteiger partial charge in [-0.25, -0.2) is 13.6 Å². The highest BCUT2D eigenvalue weighted by atomic mass is 19.1. The molecule has 0 saturated carbocycles. The molecule has 2 aliphatic heterocycles. The van der Waals surface area contributed by atoms with E-state index in [0.29, 0.717) is 19.1 Å². The number of aliphatic hydroxyl groups excluding tert-OH is 1. The molecule has 0 bridgehead atoms. The summed E-state index contributed by atoms with van der Waals surface area (Å²) in [5, 5.41) is 11.1. The number of pyridine rings is 1. The molecule has 0 radical (unpaired) electrons. The maximum Gasteiger partial charge on any atom is 0.511 e. The number of benzene rings is 1. The molecule has 2 N–H and O–H groups in total. The summed E-state index contributed by atoms with van der Waals surface area (Å²) in [6.45, 7) is 0.379. The van der Waals surface area contributed by atoms with E-state index in [1.165, 1.54) is 15.7 Å². The lowest BCUT2D eigenvalue weighted by Gasteiger charge is -2.44. The molecular formula is C24H25F2N3O9. The van der Waals surface area contributed by atoms with Crippen molar-refractivity contribution < 1.29 is 47.2 Å². The van der Waals surface area contributed by atoms with Crippen LogP contribution in [0.3, 0.4) is 0 Å².